The summed E-state index contributed by atoms with van der Waals surface area (Å²) in [5, 5.41) is 10.6. The molecule has 0 bridgehead atoms. The number of alkyl halides is 1. The predicted molar refractivity (Wildman–Crippen MR) is 118 cm³/mol. The Kier molecular flexibility index (Phi) is 7.86. The smallest absolute Gasteiger partial charge is 0.342 e. The summed E-state index contributed by atoms with van der Waals surface area (Å²) in [6.45, 7) is 7.28. The first-order valence-electron chi connectivity index (χ1n) is 9.20. The highest BCUT2D eigenvalue weighted by molar-refractivity contribution is 6.37. The minimum Gasteiger partial charge on any atom is -0.490 e. The van der Waals surface area contributed by atoms with E-state index in [2.05, 4.69) is 0 Å². The normalized spacial score (nSPS) is 12.0. The maximum absolute atomic E-state index is 11.8. The van der Waals surface area contributed by atoms with Crippen LogP contribution in [0.3, 0.4) is 0 Å². The van der Waals surface area contributed by atoms with Gasteiger partial charge in [-0.3, -0.25) is 0 Å². The van der Waals surface area contributed by atoms with Crippen molar-refractivity contribution in [3.63, 3.8) is 0 Å². The molecule has 0 aliphatic rings. The lowest BCUT2D eigenvalue weighted by Crippen LogP contribution is -2.35. The van der Waals surface area contributed by atoms with E-state index in [9.17, 15) is 9.90 Å². The molecule has 29 heavy (non-hydrogen) atoms. The molecular formula is C22H25Cl3O4. The van der Waals surface area contributed by atoms with Crippen LogP contribution in [0.25, 0.3) is 0 Å². The molecule has 0 radical (unpaired) electrons. The predicted octanol–water partition coefficient (Wildman–Crippen LogP) is 6.00. The molecule has 0 amide bonds. The number of aliphatic hydroxyl groups is 1. The molecular weight excluding hydrogens is 435 g/mol. The maximum Gasteiger partial charge on any atom is 0.342 e. The summed E-state index contributed by atoms with van der Waals surface area (Å²) in [5.41, 5.74) is -0.0818. The fourth-order valence-electron chi connectivity index (χ4n) is 2.63. The number of hydrogen-bond acceptors (Lipinski definition) is 4. The van der Waals surface area contributed by atoms with Crippen LogP contribution >= 0.6 is 34.8 Å². The van der Waals surface area contributed by atoms with E-state index in [-0.39, 0.29) is 0 Å². The highest BCUT2D eigenvalue weighted by Crippen LogP contribution is 2.40. The number of ether oxygens (including phenoxy) is 2. The van der Waals surface area contributed by atoms with Gasteiger partial charge in [-0.2, -0.15) is 0 Å². The lowest BCUT2D eigenvalue weighted by molar-refractivity contribution is -0.151. The molecule has 0 heterocycles. The second-order valence-corrected chi connectivity index (χ2v) is 8.95. The van der Waals surface area contributed by atoms with Crippen LogP contribution in [0.1, 0.15) is 45.2 Å². The summed E-state index contributed by atoms with van der Waals surface area (Å²) in [5.74, 6) is 0.594. The number of esters is 1. The van der Waals surface area contributed by atoms with Crippen LogP contribution in [-0.2, 0) is 10.2 Å². The van der Waals surface area contributed by atoms with Crippen LogP contribution in [0.4, 0.5) is 0 Å². The SMILES string of the molecule is CC(C)(O)C(=O)Oc1ccc(C(C)(C)c2cc(Cl)c(OCCCCl)c(Cl)c2)cc1. The zero-order chi connectivity index (χ0) is 21.8. The molecule has 2 aromatic carbocycles. The van der Waals surface area contributed by atoms with Crippen LogP contribution in [0.5, 0.6) is 11.5 Å². The van der Waals surface area contributed by atoms with Crippen LogP contribution < -0.4 is 9.47 Å². The molecule has 2 aromatic rings. The third kappa shape index (κ3) is 6.02. The summed E-state index contributed by atoms with van der Waals surface area (Å²) in [7, 11) is 0. The summed E-state index contributed by atoms with van der Waals surface area (Å²) < 4.78 is 10.8. The van der Waals surface area contributed by atoms with Gasteiger partial charge in [-0.15, -0.1) is 11.6 Å². The molecule has 0 aromatic heterocycles. The Morgan fingerprint density at radius 3 is 2.03 bits per heavy atom. The van der Waals surface area contributed by atoms with Crippen molar-refractivity contribution in [1.82, 2.24) is 0 Å². The van der Waals surface area contributed by atoms with Gasteiger partial charge in [0.2, 0.25) is 0 Å². The van der Waals surface area contributed by atoms with Crippen LogP contribution in [0.15, 0.2) is 36.4 Å². The lowest BCUT2D eigenvalue weighted by atomic mass is 9.78. The van der Waals surface area contributed by atoms with Crippen molar-refractivity contribution in [3.8, 4) is 11.5 Å². The molecule has 7 heteroatoms. The largest absolute Gasteiger partial charge is 0.490 e. The topological polar surface area (TPSA) is 55.8 Å². The van der Waals surface area contributed by atoms with E-state index < -0.39 is 17.0 Å². The molecule has 158 valence electrons. The molecule has 0 unspecified atom stereocenters. The van der Waals surface area contributed by atoms with E-state index in [4.69, 9.17) is 44.3 Å². The van der Waals surface area contributed by atoms with Gasteiger partial charge in [0, 0.05) is 11.3 Å². The zero-order valence-corrected chi connectivity index (χ0v) is 19.2. The van der Waals surface area contributed by atoms with Gasteiger partial charge in [0.15, 0.2) is 11.4 Å². The average molecular weight is 460 g/mol. The molecule has 2 rings (SSSR count). The molecule has 0 aliphatic carbocycles. The third-order valence-electron chi connectivity index (χ3n) is 4.53. The van der Waals surface area contributed by atoms with Crippen molar-refractivity contribution in [2.75, 3.05) is 12.5 Å². The highest BCUT2D eigenvalue weighted by Gasteiger charge is 2.28. The summed E-state index contributed by atoms with van der Waals surface area (Å²) in [4.78, 5) is 11.8. The van der Waals surface area contributed by atoms with E-state index >= 15 is 0 Å². The molecule has 1 N–H and O–H groups in total. The number of rotatable bonds is 8. The Bertz CT molecular complexity index is 832. The number of carbonyl (C=O) groups excluding carboxylic acids is 1. The van der Waals surface area contributed by atoms with E-state index in [1.165, 1.54) is 13.8 Å². The van der Waals surface area contributed by atoms with Crippen LogP contribution in [0, 0.1) is 0 Å². The summed E-state index contributed by atoms with van der Waals surface area (Å²) >= 11 is 18.5. The van der Waals surface area contributed by atoms with E-state index in [0.29, 0.717) is 40.5 Å². The summed E-state index contributed by atoms with van der Waals surface area (Å²) in [6.07, 6.45) is 0.700. The first-order chi connectivity index (χ1) is 13.5. The molecule has 0 saturated heterocycles. The molecule has 0 fully saturated rings. The van der Waals surface area contributed by atoms with Gasteiger partial charge in [0.25, 0.3) is 0 Å². The Labute approximate surface area is 186 Å². The second kappa shape index (κ2) is 9.57. The van der Waals surface area contributed by atoms with E-state index in [1.807, 2.05) is 38.1 Å². The standard InChI is InChI=1S/C22H25Cl3O4/c1-21(2,14-6-8-16(9-7-14)29-20(26)22(3,4)27)15-12-17(24)19(18(25)13-15)28-11-5-10-23/h6-9,12-13,27H,5,10-11H2,1-4H3. The second-order valence-electron chi connectivity index (χ2n) is 7.76. The van der Waals surface area contributed by atoms with E-state index in [0.717, 1.165) is 11.1 Å². The number of hydrogen-bond donors (Lipinski definition) is 1. The minimum absolute atomic E-state index is 0.357. The lowest BCUT2D eigenvalue weighted by Gasteiger charge is -2.27. The molecule has 0 spiro atoms. The first kappa shape index (κ1) is 23.8. The quantitative estimate of drug-likeness (QED) is 0.227. The van der Waals surface area contributed by atoms with Crippen molar-refractivity contribution < 1.29 is 19.4 Å². The Morgan fingerprint density at radius 2 is 1.55 bits per heavy atom. The van der Waals surface area contributed by atoms with Crippen molar-refractivity contribution in [1.29, 1.82) is 0 Å². The van der Waals surface area contributed by atoms with Crippen LogP contribution in [0.2, 0.25) is 10.0 Å². The van der Waals surface area contributed by atoms with Gasteiger partial charge in [0.1, 0.15) is 5.75 Å². The number of benzene rings is 2. The van der Waals surface area contributed by atoms with Crippen molar-refractivity contribution in [2.45, 2.75) is 45.1 Å². The fourth-order valence-corrected chi connectivity index (χ4v) is 3.33. The van der Waals surface area contributed by atoms with Gasteiger partial charge in [-0.05, 0) is 55.7 Å². The van der Waals surface area contributed by atoms with Crippen molar-refractivity contribution >= 4 is 40.8 Å². The Balaban J connectivity index is 2.25. The Morgan fingerprint density at radius 1 is 1.00 bits per heavy atom. The monoisotopic (exact) mass is 458 g/mol. The molecule has 0 atom stereocenters. The highest BCUT2D eigenvalue weighted by atomic mass is 35.5. The van der Waals surface area contributed by atoms with Gasteiger partial charge in [0.05, 0.1) is 16.7 Å². The summed E-state index contributed by atoms with van der Waals surface area (Å²) in [6, 6.07) is 10.8. The van der Waals surface area contributed by atoms with Gasteiger partial charge >= 0.3 is 5.97 Å². The van der Waals surface area contributed by atoms with Gasteiger partial charge in [-0.1, -0.05) is 49.2 Å². The number of halogens is 3. The van der Waals surface area contributed by atoms with Crippen molar-refractivity contribution in [2.24, 2.45) is 0 Å². The van der Waals surface area contributed by atoms with Crippen LogP contribution in [-0.4, -0.2) is 29.2 Å². The maximum atomic E-state index is 11.8. The molecule has 0 saturated carbocycles. The van der Waals surface area contributed by atoms with Gasteiger partial charge in [-0.25, -0.2) is 4.79 Å². The first-order valence-corrected chi connectivity index (χ1v) is 10.5. The van der Waals surface area contributed by atoms with Gasteiger partial charge < -0.3 is 14.6 Å². The molecule has 4 nitrogen and oxygen atoms in total. The van der Waals surface area contributed by atoms with Crippen molar-refractivity contribution in [3.05, 3.63) is 57.6 Å². The number of carbonyl (C=O) groups is 1. The average Bonchev–Trinajstić information content (AvgIpc) is 2.63. The Hall–Kier alpha value is -1.46. The zero-order valence-electron chi connectivity index (χ0n) is 16.9. The third-order valence-corrected chi connectivity index (χ3v) is 5.36. The molecule has 0 aliphatic heterocycles. The minimum atomic E-state index is -1.56. The fraction of sp³-hybridized carbons (Fsp3) is 0.409. The van der Waals surface area contributed by atoms with E-state index in [1.54, 1.807) is 12.1 Å².